The lowest BCUT2D eigenvalue weighted by Gasteiger charge is -2.21. The molecule has 1 atom stereocenters. The van der Waals surface area contributed by atoms with E-state index in [2.05, 4.69) is 6.07 Å². The fraction of sp³-hybridized carbons (Fsp3) is 0.429. The molecule has 0 amide bonds. The van der Waals surface area contributed by atoms with Gasteiger partial charge in [-0.1, -0.05) is 0 Å². The minimum atomic E-state index is -0.555. The highest BCUT2D eigenvalue weighted by Gasteiger charge is 2.15. The topological polar surface area (TPSA) is 53.3 Å². The van der Waals surface area contributed by atoms with Crippen LogP contribution in [0.3, 0.4) is 0 Å². The molecule has 4 nitrogen and oxygen atoms in total. The summed E-state index contributed by atoms with van der Waals surface area (Å²) in [6.45, 7) is 2.01. The van der Waals surface area contributed by atoms with Gasteiger partial charge in [0.15, 0.2) is 17.3 Å². The highest BCUT2D eigenvalue weighted by molar-refractivity contribution is 5.97. The Morgan fingerprint density at radius 3 is 2.79 bits per heavy atom. The third kappa shape index (κ3) is 4.04. The van der Waals surface area contributed by atoms with Gasteiger partial charge in [-0.05, 0) is 32.2 Å². The number of methoxy groups -OCH3 is 1. The van der Waals surface area contributed by atoms with Gasteiger partial charge >= 0.3 is 0 Å². The van der Waals surface area contributed by atoms with Crippen LogP contribution in [-0.4, -0.2) is 37.4 Å². The molecule has 0 heterocycles. The third-order valence-corrected chi connectivity index (χ3v) is 3.01. The van der Waals surface area contributed by atoms with Crippen LogP contribution in [0.5, 0.6) is 5.75 Å². The second kappa shape index (κ2) is 6.86. The first kappa shape index (κ1) is 15.1. The zero-order valence-electron chi connectivity index (χ0n) is 11.3. The van der Waals surface area contributed by atoms with Crippen molar-refractivity contribution >= 4 is 5.78 Å². The molecule has 0 saturated heterocycles. The van der Waals surface area contributed by atoms with E-state index in [1.807, 2.05) is 6.92 Å². The highest BCUT2D eigenvalue weighted by atomic mass is 19.1. The van der Waals surface area contributed by atoms with Crippen molar-refractivity contribution in [3.63, 3.8) is 0 Å². The Morgan fingerprint density at radius 2 is 2.26 bits per heavy atom. The molecule has 0 N–H and O–H groups in total. The van der Waals surface area contributed by atoms with Crippen molar-refractivity contribution in [1.82, 2.24) is 4.90 Å². The summed E-state index contributed by atoms with van der Waals surface area (Å²) in [5, 5.41) is 8.61. The van der Waals surface area contributed by atoms with Crippen molar-refractivity contribution in [1.29, 1.82) is 5.26 Å². The van der Waals surface area contributed by atoms with Crippen LogP contribution in [0, 0.1) is 17.1 Å². The van der Waals surface area contributed by atoms with Gasteiger partial charge in [-0.25, -0.2) is 4.39 Å². The Kier molecular flexibility index (Phi) is 5.46. The number of Topliss-reactive ketones (excluding diaryl/α,β-unsaturated/α-hetero) is 1. The van der Waals surface area contributed by atoms with Gasteiger partial charge < -0.3 is 4.74 Å². The van der Waals surface area contributed by atoms with E-state index < -0.39 is 5.82 Å². The zero-order valence-corrected chi connectivity index (χ0v) is 11.3. The molecule has 19 heavy (non-hydrogen) atoms. The monoisotopic (exact) mass is 264 g/mol. The van der Waals surface area contributed by atoms with Crippen LogP contribution >= 0.6 is 0 Å². The fourth-order valence-electron chi connectivity index (χ4n) is 1.60. The minimum Gasteiger partial charge on any atom is -0.494 e. The average molecular weight is 264 g/mol. The van der Waals surface area contributed by atoms with E-state index in [1.54, 1.807) is 11.9 Å². The minimum absolute atomic E-state index is 0.0166. The molecule has 0 aliphatic rings. The Hall–Kier alpha value is -1.93. The number of rotatable bonds is 6. The maximum Gasteiger partial charge on any atom is 0.176 e. The van der Waals surface area contributed by atoms with Crippen molar-refractivity contribution in [3.8, 4) is 11.8 Å². The Balaban J connectivity index is 2.73. The first-order valence-corrected chi connectivity index (χ1v) is 5.93. The van der Waals surface area contributed by atoms with Crippen molar-refractivity contribution in [2.45, 2.75) is 19.4 Å². The lowest BCUT2D eigenvalue weighted by molar-refractivity contribution is 0.0925. The lowest BCUT2D eigenvalue weighted by Crippen LogP contribution is -2.33. The summed E-state index contributed by atoms with van der Waals surface area (Å²) in [6.07, 6.45) is 0.348. The molecule has 0 saturated carbocycles. The van der Waals surface area contributed by atoms with Crippen molar-refractivity contribution in [2.75, 3.05) is 20.7 Å². The molecule has 0 fully saturated rings. The number of nitriles is 1. The molecule has 0 aliphatic heterocycles. The molecule has 102 valence electrons. The molecule has 0 radical (unpaired) electrons. The molecule has 0 aliphatic carbocycles. The molecule has 1 unspecified atom stereocenters. The number of likely N-dealkylation sites (N-methyl/N-ethyl adjacent to an activating group) is 1. The van der Waals surface area contributed by atoms with Gasteiger partial charge in [0.1, 0.15) is 0 Å². The molecule has 1 rings (SSSR count). The quantitative estimate of drug-likeness (QED) is 0.739. The molecular formula is C14H17FN2O2. The van der Waals surface area contributed by atoms with Gasteiger partial charge in [-0.2, -0.15) is 5.26 Å². The van der Waals surface area contributed by atoms with E-state index >= 15 is 0 Å². The summed E-state index contributed by atoms with van der Waals surface area (Å²) < 4.78 is 18.3. The number of benzene rings is 1. The Morgan fingerprint density at radius 1 is 1.58 bits per heavy atom. The van der Waals surface area contributed by atoms with E-state index in [-0.39, 0.29) is 24.1 Å². The number of halogens is 1. The zero-order chi connectivity index (χ0) is 14.4. The molecule has 1 aromatic rings. The van der Waals surface area contributed by atoms with E-state index in [0.29, 0.717) is 12.0 Å². The van der Waals surface area contributed by atoms with E-state index in [1.165, 1.54) is 25.3 Å². The summed E-state index contributed by atoms with van der Waals surface area (Å²) >= 11 is 0. The predicted octanol–water partition coefficient (Wildman–Crippen LogP) is 2.25. The summed E-state index contributed by atoms with van der Waals surface area (Å²) in [6, 6.07) is 6.18. The van der Waals surface area contributed by atoms with E-state index in [0.717, 1.165) is 0 Å². The SMILES string of the molecule is COc1ccc(C(=O)CN(C)C(C)CC#N)cc1F. The van der Waals surface area contributed by atoms with Gasteiger partial charge in [0.05, 0.1) is 26.1 Å². The molecule has 0 spiro atoms. The van der Waals surface area contributed by atoms with Crippen LogP contribution < -0.4 is 4.74 Å². The van der Waals surface area contributed by atoms with Crippen molar-refractivity contribution in [3.05, 3.63) is 29.6 Å². The van der Waals surface area contributed by atoms with Crippen LogP contribution in [0.15, 0.2) is 18.2 Å². The first-order valence-electron chi connectivity index (χ1n) is 5.93. The van der Waals surface area contributed by atoms with Crippen molar-refractivity contribution < 1.29 is 13.9 Å². The fourth-order valence-corrected chi connectivity index (χ4v) is 1.60. The lowest BCUT2D eigenvalue weighted by atomic mass is 10.1. The number of ketones is 1. The number of ether oxygens (including phenoxy) is 1. The number of hydrogen-bond donors (Lipinski definition) is 0. The molecule has 0 bridgehead atoms. The van der Waals surface area contributed by atoms with Gasteiger partial charge in [0.2, 0.25) is 0 Å². The molecule has 0 aromatic heterocycles. The summed E-state index contributed by atoms with van der Waals surface area (Å²) in [7, 11) is 3.14. The van der Waals surface area contributed by atoms with Crippen LogP contribution in [0.2, 0.25) is 0 Å². The summed E-state index contributed by atoms with van der Waals surface area (Å²) in [4.78, 5) is 13.8. The first-order chi connectivity index (χ1) is 8.99. The predicted molar refractivity (Wildman–Crippen MR) is 69.6 cm³/mol. The maximum absolute atomic E-state index is 13.5. The number of hydrogen-bond acceptors (Lipinski definition) is 4. The Bertz CT molecular complexity index is 497. The Labute approximate surface area is 112 Å². The van der Waals surface area contributed by atoms with E-state index in [9.17, 15) is 9.18 Å². The number of carbonyl (C=O) groups is 1. The van der Waals surface area contributed by atoms with Gasteiger partial charge in [0.25, 0.3) is 0 Å². The third-order valence-electron chi connectivity index (χ3n) is 3.01. The molecule has 1 aromatic carbocycles. The summed E-state index contributed by atoms with van der Waals surface area (Å²) in [5.41, 5.74) is 0.300. The number of nitrogens with zero attached hydrogens (tertiary/aromatic N) is 2. The normalized spacial score (nSPS) is 12.0. The maximum atomic E-state index is 13.5. The molecule has 5 heteroatoms. The molecular weight excluding hydrogens is 247 g/mol. The second-order valence-corrected chi connectivity index (χ2v) is 4.40. The van der Waals surface area contributed by atoms with Crippen LogP contribution in [0.25, 0.3) is 0 Å². The second-order valence-electron chi connectivity index (χ2n) is 4.40. The average Bonchev–Trinajstić information content (AvgIpc) is 2.38. The summed E-state index contributed by atoms with van der Waals surface area (Å²) in [5.74, 6) is -0.627. The largest absolute Gasteiger partial charge is 0.494 e. The van der Waals surface area contributed by atoms with Gasteiger partial charge in [-0.3, -0.25) is 9.69 Å². The standard InChI is InChI=1S/C14H17FN2O2/c1-10(6-7-16)17(2)9-13(18)11-4-5-14(19-3)12(15)8-11/h4-5,8,10H,6,9H2,1-3H3. The highest BCUT2D eigenvalue weighted by Crippen LogP contribution is 2.18. The van der Waals surface area contributed by atoms with Gasteiger partial charge in [0, 0.05) is 11.6 Å². The van der Waals surface area contributed by atoms with E-state index in [4.69, 9.17) is 10.00 Å². The van der Waals surface area contributed by atoms with Crippen LogP contribution in [0.4, 0.5) is 4.39 Å². The smallest absolute Gasteiger partial charge is 0.176 e. The van der Waals surface area contributed by atoms with Crippen molar-refractivity contribution in [2.24, 2.45) is 0 Å². The van der Waals surface area contributed by atoms with Gasteiger partial charge in [-0.15, -0.1) is 0 Å². The number of carbonyl (C=O) groups excluding carboxylic acids is 1. The van der Waals surface area contributed by atoms with Crippen LogP contribution in [0.1, 0.15) is 23.7 Å². The van der Waals surface area contributed by atoms with Crippen LogP contribution in [-0.2, 0) is 0 Å².